The molecule has 1 fully saturated rings. The van der Waals surface area contributed by atoms with Crippen molar-refractivity contribution in [3.05, 3.63) is 18.0 Å². The van der Waals surface area contributed by atoms with Crippen LogP contribution in [0.5, 0.6) is 0 Å². The van der Waals surface area contributed by atoms with E-state index in [0.29, 0.717) is 30.4 Å². The molecule has 1 aliphatic heterocycles. The normalized spacial score (nSPS) is 20.6. The predicted molar refractivity (Wildman–Crippen MR) is 80.0 cm³/mol. The summed E-state index contributed by atoms with van der Waals surface area (Å²) in [6.07, 6.45) is 3.75. The first-order chi connectivity index (χ1) is 9.48. The minimum Gasteiger partial charge on any atom is -0.352 e. The molecule has 1 saturated heterocycles. The van der Waals surface area contributed by atoms with Gasteiger partial charge in [0.1, 0.15) is 4.90 Å². The summed E-state index contributed by atoms with van der Waals surface area (Å²) in [6, 6.07) is 1.79. The number of aromatic nitrogens is 1. The number of sulfonamides is 1. The maximum Gasteiger partial charge on any atom is 0.244 e. The van der Waals surface area contributed by atoms with Gasteiger partial charge in [-0.25, -0.2) is 8.42 Å². The number of rotatable bonds is 6. The summed E-state index contributed by atoms with van der Waals surface area (Å²) in [5, 5.41) is 3.23. The Morgan fingerprint density at radius 2 is 2.15 bits per heavy atom. The number of aryl methyl sites for hydroxylation is 1. The second kappa shape index (κ2) is 6.28. The Bertz CT molecular complexity index is 551. The zero-order valence-electron chi connectivity index (χ0n) is 12.6. The first kappa shape index (κ1) is 15.5. The minimum absolute atomic E-state index is 0.421. The van der Waals surface area contributed by atoms with E-state index in [1.165, 1.54) is 0 Å². The molecule has 1 atom stereocenters. The van der Waals surface area contributed by atoms with Crippen LogP contribution < -0.4 is 5.32 Å². The fourth-order valence-electron chi connectivity index (χ4n) is 2.64. The standard InChI is InChI=1S/C14H25N3O2S/c1-4-12-6-7-17(10-12)20(18,19)14-8-13(9-15-5-2)16(3)11-14/h8,11-12,15H,4-7,9-10H2,1-3H3. The quantitative estimate of drug-likeness (QED) is 0.867. The molecule has 1 unspecified atom stereocenters. The van der Waals surface area contributed by atoms with E-state index in [0.717, 1.165) is 25.1 Å². The van der Waals surface area contributed by atoms with E-state index < -0.39 is 10.0 Å². The summed E-state index contributed by atoms with van der Waals surface area (Å²) in [6.45, 7) is 7.04. The summed E-state index contributed by atoms with van der Waals surface area (Å²) in [4.78, 5) is 0.421. The zero-order valence-corrected chi connectivity index (χ0v) is 13.4. The molecule has 20 heavy (non-hydrogen) atoms. The molecule has 114 valence electrons. The molecule has 0 bridgehead atoms. The van der Waals surface area contributed by atoms with Crippen LogP contribution in [0.3, 0.4) is 0 Å². The lowest BCUT2D eigenvalue weighted by Crippen LogP contribution is -2.28. The lowest BCUT2D eigenvalue weighted by Gasteiger charge is -2.15. The Hall–Kier alpha value is -0.850. The molecule has 1 aromatic rings. The average molecular weight is 299 g/mol. The highest BCUT2D eigenvalue weighted by atomic mass is 32.2. The molecule has 5 nitrogen and oxygen atoms in total. The second-order valence-electron chi connectivity index (χ2n) is 5.48. The van der Waals surface area contributed by atoms with Crippen molar-refractivity contribution in [1.82, 2.24) is 14.2 Å². The maximum atomic E-state index is 12.6. The second-order valence-corrected chi connectivity index (χ2v) is 7.42. The van der Waals surface area contributed by atoms with Crippen LogP contribution in [-0.4, -0.2) is 36.9 Å². The SMILES string of the molecule is CCNCc1cc(S(=O)(=O)N2CCC(CC)C2)cn1C. The van der Waals surface area contributed by atoms with Crippen molar-refractivity contribution in [3.8, 4) is 0 Å². The summed E-state index contributed by atoms with van der Waals surface area (Å²) < 4.78 is 28.8. The Morgan fingerprint density at radius 1 is 1.40 bits per heavy atom. The van der Waals surface area contributed by atoms with Gasteiger partial charge in [0.25, 0.3) is 0 Å². The van der Waals surface area contributed by atoms with Crippen LogP contribution in [0.15, 0.2) is 17.2 Å². The molecule has 1 N–H and O–H groups in total. The van der Waals surface area contributed by atoms with Gasteiger partial charge in [-0.15, -0.1) is 0 Å². The predicted octanol–water partition coefficient (Wildman–Crippen LogP) is 1.56. The lowest BCUT2D eigenvalue weighted by atomic mass is 10.1. The van der Waals surface area contributed by atoms with Gasteiger partial charge in [-0.05, 0) is 24.9 Å². The van der Waals surface area contributed by atoms with Gasteiger partial charge in [0.2, 0.25) is 10.0 Å². The first-order valence-corrected chi connectivity index (χ1v) is 8.79. The highest BCUT2D eigenvalue weighted by molar-refractivity contribution is 7.89. The third kappa shape index (κ3) is 3.07. The molecule has 0 saturated carbocycles. The van der Waals surface area contributed by atoms with E-state index in [1.54, 1.807) is 16.6 Å². The van der Waals surface area contributed by atoms with Gasteiger partial charge in [-0.1, -0.05) is 20.3 Å². The van der Waals surface area contributed by atoms with Gasteiger partial charge in [-0.3, -0.25) is 0 Å². The van der Waals surface area contributed by atoms with Gasteiger partial charge >= 0.3 is 0 Å². The molecule has 0 aromatic carbocycles. The third-order valence-corrected chi connectivity index (χ3v) is 5.93. The Kier molecular flexibility index (Phi) is 4.88. The van der Waals surface area contributed by atoms with Crippen molar-refractivity contribution >= 4 is 10.0 Å². The fourth-order valence-corrected chi connectivity index (χ4v) is 4.27. The number of nitrogens with one attached hydrogen (secondary N) is 1. The van der Waals surface area contributed by atoms with Crippen molar-refractivity contribution in [1.29, 1.82) is 0 Å². The Labute approximate surface area is 122 Å². The molecular formula is C14H25N3O2S. The molecule has 0 spiro atoms. The topological polar surface area (TPSA) is 54.3 Å². The van der Waals surface area contributed by atoms with Crippen LogP contribution in [0.4, 0.5) is 0 Å². The number of hydrogen-bond acceptors (Lipinski definition) is 3. The third-order valence-electron chi connectivity index (χ3n) is 4.10. The average Bonchev–Trinajstić information content (AvgIpc) is 3.03. The molecule has 1 aromatic heterocycles. The van der Waals surface area contributed by atoms with Gasteiger partial charge < -0.3 is 9.88 Å². The van der Waals surface area contributed by atoms with E-state index >= 15 is 0 Å². The van der Waals surface area contributed by atoms with Crippen LogP contribution in [0.2, 0.25) is 0 Å². The van der Waals surface area contributed by atoms with Gasteiger partial charge in [0.05, 0.1) is 0 Å². The minimum atomic E-state index is -3.32. The fraction of sp³-hybridized carbons (Fsp3) is 0.714. The highest BCUT2D eigenvalue weighted by Gasteiger charge is 2.32. The van der Waals surface area contributed by atoms with Crippen molar-refractivity contribution in [2.45, 2.75) is 38.1 Å². The highest BCUT2D eigenvalue weighted by Crippen LogP contribution is 2.26. The van der Waals surface area contributed by atoms with Crippen molar-refractivity contribution < 1.29 is 8.42 Å². The molecule has 2 rings (SSSR count). The van der Waals surface area contributed by atoms with E-state index in [4.69, 9.17) is 0 Å². The summed E-state index contributed by atoms with van der Waals surface area (Å²) in [5.41, 5.74) is 0.997. The van der Waals surface area contributed by atoms with E-state index in [2.05, 4.69) is 12.2 Å². The van der Waals surface area contributed by atoms with Gasteiger partial charge in [0, 0.05) is 38.6 Å². The Morgan fingerprint density at radius 3 is 2.75 bits per heavy atom. The lowest BCUT2D eigenvalue weighted by molar-refractivity contribution is 0.453. The van der Waals surface area contributed by atoms with Crippen LogP contribution in [0.1, 0.15) is 32.4 Å². The first-order valence-electron chi connectivity index (χ1n) is 7.35. The van der Waals surface area contributed by atoms with Crippen molar-refractivity contribution in [2.24, 2.45) is 13.0 Å². The van der Waals surface area contributed by atoms with Crippen LogP contribution >= 0.6 is 0 Å². The van der Waals surface area contributed by atoms with E-state index in [9.17, 15) is 8.42 Å². The van der Waals surface area contributed by atoms with Crippen LogP contribution in [0.25, 0.3) is 0 Å². The molecule has 6 heteroatoms. The summed E-state index contributed by atoms with van der Waals surface area (Å²) >= 11 is 0. The Balaban J connectivity index is 2.18. The summed E-state index contributed by atoms with van der Waals surface area (Å²) in [7, 11) is -1.43. The monoisotopic (exact) mass is 299 g/mol. The molecule has 1 aliphatic rings. The smallest absolute Gasteiger partial charge is 0.244 e. The van der Waals surface area contributed by atoms with Gasteiger partial charge in [0.15, 0.2) is 0 Å². The van der Waals surface area contributed by atoms with E-state index in [-0.39, 0.29) is 0 Å². The maximum absolute atomic E-state index is 12.6. The molecule has 2 heterocycles. The molecule has 0 radical (unpaired) electrons. The van der Waals surface area contributed by atoms with Crippen molar-refractivity contribution in [2.75, 3.05) is 19.6 Å². The number of nitrogens with zero attached hydrogens (tertiary/aromatic N) is 2. The molecule has 0 aliphatic carbocycles. The number of hydrogen-bond donors (Lipinski definition) is 1. The van der Waals surface area contributed by atoms with Crippen LogP contribution in [0, 0.1) is 5.92 Å². The van der Waals surface area contributed by atoms with Crippen molar-refractivity contribution in [3.63, 3.8) is 0 Å². The molecule has 0 amide bonds. The zero-order chi connectivity index (χ0) is 14.8. The largest absolute Gasteiger partial charge is 0.352 e. The van der Waals surface area contributed by atoms with E-state index in [1.807, 2.05) is 18.5 Å². The summed E-state index contributed by atoms with van der Waals surface area (Å²) in [5.74, 6) is 0.509. The molecular weight excluding hydrogens is 274 g/mol. The van der Waals surface area contributed by atoms with Crippen LogP contribution in [-0.2, 0) is 23.6 Å². The van der Waals surface area contributed by atoms with Gasteiger partial charge in [-0.2, -0.15) is 4.31 Å².